The fourth-order valence-corrected chi connectivity index (χ4v) is 5.63. The van der Waals surface area contributed by atoms with Crippen molar-refractivity contribution in [2.75, 3.05) is 32.1 Å². The number of alkyl halides is 3. The van der Waals surface area contributed by atoms with Gasteiger partial charge in [0.15, 0.2) is 0 Å². The van der Waals surface area contributed by atoms with Crippen LogP contribution in [0, 0.1) is 12.8 Å². The molecule has 2 amide bonds. The van der Waals surface area contributed by atoms with Gasteiger partial charge in [0.05, 0.1) is 36.9 Å². The number of nitrogens with one attached hydrogen (secondary N) is 1. The zero-order valence-electron chi connectivity index (χ0n) is 23.4. The standard InChI is InChI=1S/C28H36F3N3O6S/c1-18-5-8-23(9-6-18)41(38,39)33(4)16-25-19(2)15-34(20(3)17-35)27(37)14-21-13-22(7-10-24(21)40-25)32-26(36)11-12-28(29,30)31/h5-10,13,19-20,25,35H,11-12,14-17H2,1-4H3,(H,32,36)/t19-,20+,25-/m0/s1. The van der Waals surface area contributed by atoms with Crippen LogP contribution in [0.1, 0.15) is 37.8 Å². The Hall–Kier alpha value is -3.16. The third kappa shape index (κ3) is 8.66. The first-order valence-corrected chi connectivity index (χ1v) is 14.6. The second-order valence-corrected chi connectivity index (χ2v) is 12.5. The number of rotatable bonds is 9. The van der Waals surface area contributed by atoms with Crippen LogP contribution in [0.4, 0.5) is 18.9 Å². The number of carbonyl (C=O) groups is 2. The van der Waals surface area contributed by atoms with Gasteiger partial charge in [-0.1, -0.05) is 24.6 Å². The monoisotopic (exact) mass is 599 g/mol. The highest BCUT2D eigenvalue weighted by Gasteiger charge is 2.34. The van der Waals surface area contributed by atoms with Gasteiger partial charge in [-0.2, -0.15) is 17.5 Å². The Morgan fingerprint density at radius 2 is 1.88 bits per heavy atom. The fraction of sp³-hybridized carbons (Fsp3) is 0.500. The number of hydrogen-bond donors (Lipinski definition) is 2. The molecule has 226 valence electrons. The van der Waals surface area contributed by atoms with Gasteiger partial charge in [-0.3, -0.25) is 9.59 Å². The van der Waals surface area contributed by atoms with Gasteiger partial charge >= 0.3 is 6.18 Å². The number of carbonyl (C=O) groups excluding carboxylic acids is 2. The zero-order chi connectivity index (χ0) is 30.5. The molecule has 1 aliphatic heterocycles. The number of nitrogens with zero attached hydrogens (tertiary/aromatic N) is 2. The molecule has 13 heteroatoms. The van der Waals surface area contributed by atoms with Crippen LogP contribution in [-0.2, 0) is 26.0 Å². The molecule has 0 bridgehead atoms. The van der Waals surface area contributed by atoms with Gasteiger partial charge in [0.2, 0.25) is 21.8 Å². The minimum atomic E-state index is -4.47. The first-order valence-electron chi connectivity index (χ1n) is 13.2. The minimum Gasteiger partial charge on any atom is -0.488 e. The molecular weight excluding hydrogens is 563 g/mol. The Labute approximate surface area is 238 Å². The maximum atomic E-state index is 13.3. The Morgan fingerprint density at radius 3 is 2.49 bits per heavy atom. The molecule has 0 spiro atoms. The molecule has 2 N–H and O–H groups in total. The molecule has 3 rings (SSSR count). The van der Waals surface area contributed by atoms with E-state index in [0.29, 0.717) is 5.56 Å². The lowest BCUT2D eigenvalue weighted by Gasteiger charge is -2.33. The van der Waals surface area contributed by atoms with Crippen molar-refractivity contribution in [3.05, 3.63) is 53.6 Å². The van der Waals surface area contributed by atoms with Crippen molar-refractivity contribution in [2.24, 2.45) is 5.92 Å². The van der Waals surface area contributed by atoms with Crippen molar-refractivity contribution in [1.29, 1.82) is 0 Å². The second-order valence-electron chi connectivity index (χ2n) is 10.5. The summed E-state index contributed by atoms with van der Waals surface area (Å²) >= 11 is 0. The van der Waals surface area contributed by atoms with Crippen LogP contribution in [0.3, 0.4) is 0 Å². The summed E-state index contributed by atoms with van der Waals surface area (Å²) < 4.78 is 71.6. The van der Waals surface area contributed by atoms with E-state index in [4.69, 9.17) is 4.74 Å². The van der Waals surface area contributed by atoms with Crippen LogP contribution < -0.4 is 10.1 Å². The van der Waals surface area contributed by atoms with Crippen molar-refractivity contribution in [3.8, 4) is 5.75 Å². The molecule has 1 aliphatic rings. The summed E-state index contributed by atoms with van der Waals surface area (Å²) in [5.41, 5.74) is 1.47. The van der Waals surface area contributed by atoms with E-state index in [0.717, 1.165) is 5.56 Å². The Kier molecular flexibility index (Phi) is 10.4. The molecule has 0 saturated carbocycles. The van der Waals surface area contributed by atoms with E-state index in [1.54, 1.807) is 19.1 Å². The maximum Gasteiger partial charge on any atom is 0.389 e. The largest absolute Gasteiger partial charge is 0.488 e. The number of sulfonamides is 1. The predicted octanol–water partition coefficient (Wildman–Crippen LogP) is 3.75. The lowest BCUT2D eigenvalue weighted by atomic mass is 10.0. The Bertz CT molecular complexity index is 1330. The van der Waals surface area contributed by atoms with Gasteiger partial charge in [-0.25, -0.2) is 8.42 Å². The highest BCUT2D eigenvalue weighted by atomic mass is 32.2. The summed E-state index contributed by atoms with van der Waals surface area (Å²) in [4.78, 5) is 27.0. The fourth-order valence-electron chi connectivity index (χ4n) is 4.45. The number of amides is 2. The molecule has 2 aromatic carbocycles. The maximum absolute atomic E-state index is 13.3. The molecule has 0 saturated heterocycles. The average Bonchev–Trinajstić information content (AvgIpc) is 2.94. The first-order chi connectivity index (χ1) is 19.1. The number of ether oxygens (including phenoxy) is 1. The summed E-state index contributed by atoms with van der Waals surface area (Å²) in [5.74, 6) is -1.24. The predicted molar refractivity (Wildman–Crippen MR) is 147 cm³/mol. The number of anilines is 1. The number of aryl methyl sites for hydroxylation is 1. The summed E-state index contributed by atoms with van der Waals surface area (Å²) in [6, 6.07) is 10.3. The number of halogens is 3. The topological polar surface area (TPSA) is 116 Å². The molecular formula is C28H36F3N3O6S. The van der Waals surface area contributed by atoms with E-state index in [1.807, 2.05) is 13.8 Å². The molecule has 0 fully saturated rings. The van der Waals surface area contributed by atoms with Crippen molar-refractivity contribution in [3.63, 3.8) is 0 Å². The van der Waals surface area contributed by atoms with Crippen LogP contribution in [0.15, 0.2) is 47.4 Å². The van der Waals surface area contributed by atoms with Crippen LogP contribution in [0.25, 0.3) is 0 Å². The Morgan fingerprint density at radius 1 is 1.22 bits per heavy atom. The molecule has 2 aromatic rings. The number of benzene rings is 2. The van der Waals surface area contributed by atoms with Crippen molar-refractivity contribution in [1.82, 2.24) is 9.21 Å². The summed E-state index contributed by atoms with van der Waals surface area (Å²) in [6.45, 7) is 5.19. The third-order valence-electron chi connectivity index (χ3n) is 7.00. The average molecular weight is 600 g/mol. The van der Waals surface area contributed by atoms with Crippen LogP contribution in [0.2, 0.25) is 0 Å². The summed E-state index contributed by atoms with van der Waals surface area (Å²) in [6.07, 6.45) is -7.37. The van der Waals surface area contributed by atoms with Crippen molar-refractivity contribution < 1.29 is 41.0 Å². The number of aliphatic hydroxyl groups is 1. The second kappa shape index (κ2) is 13.2. The summed E-state index contributed by atoms with van der Waals surface area (Å²) in [7, 11) is -2.42. The molecule has 1 heterocycles. The van der Waals surface area contributed by atoms with Crippen molar-refractivity contribution in [2.45, 2.75) is 63.3 Å². The van der Waals surface area contributed by atoms with Gasteiger partial charge in [0.1, 0.15) is 11.9 Å². The number of hydrogen-bond acceptors (Lipinski definition) is 6. The number of fused-ring (bicyclic) bond motifs is 1. The van der Waals surface area contributed by atoms with Gasteiger partial charge in [0.25, 0.3) is 0 Å². The highest BCUT2D eigenvalue weighted by molar-refractivity contribution is 7.89. The van der Waals surface area contributed by atoms with E-state index in [9.17, 15) is 36.3 Å². The molecule has 0 aliphatic carbocycles. The van der Waals surface area contributed by atoms with Crippen molar-refractivity contribution >= 4 is 27.5 Å². The number of likely N-dealkylation sites (N-methyl/N-ethyl adjacent to an activating group) is 1. The summed E-state index contributed by atoms with van der Waals surface area (Å²) in [5, 5.41) is 12.2. The normalized spacial score (nSPS) is 19.0. The lowest BCUT2D eigenvalue weighted by molar-refractivity contribution is -0.142. The van der Waals surface area contributed by atoms with Gasteiger partial charge < -0.3 is 20.1 Å². The van der Waals surface area contributed by atoms with Crippen LogP contribution in [-0.4, -0.2) is 79.6 Å². The highest BCUT2D eigenvalue weighted by Crippen LogP contribution is 2.30. The molecule has 9 nitrogen and oxygen atoms in total. The van der Waals surface area contributed by atoms with E-state index in [2.05, 4.69) is 5.32 Å². The quantitative estimate of drug-likeness (QED) is 0.454. The van der Waals surface area contributed by atoms with Gasteiger partial charge in [-0.05, 0) is 44.2 Å². The molecule has 0 radical (unpaired) electrons. The lowest BCUT2D eigenvalue weighted by Crippen LogP contribution is -2.48. The van der Waals surface area contributed by atoms with E-state index >= 15 is 0 Å². The SMILES string of the molecule is Cc1ccc(S(=O)(=O)N(C)C[C@@H]2Oc3ccc(NC(=O)CCC(F)(F)F)cc3CC(=O)N([C@H](C)CO)C[C@@H]2C)cc1. The van der Waals surface area contributed by atoms with E-state index in [1.165, 1.54) is 46.6 Å². The molecule has 0 unspecified atom stereocenters. The Balaban J connectivity index is 1.92. The third-order valence-corrected chi connectivity index (χ3v) is 8.84. The zero-order valence-corrected chi connectivity index (χ0v) is 24.3. The molecule has 41 heavy (non-hydrogen) atoms. The van der Waals surface area contributed by atoms with Gasteiger partial charge in [0, 0.05) is 37.2 Å². The van der Waals surface area contributed by atoms with E-state index in [-0.39, 0.29) is 54.3 Å². The minimum absolute atomic E-state index is 0.0533. The first kappa shape index (κ1) is 32.4. The van der Waals surface area contributed by atoms with Crippen LogP contribution >= 0.6 is 0 Å². The number of aliphatic hydroxyl groups excluding tert-OH is 1. The van der Waals surface area contributed by atoms with E-state index < -0.39 is 47.1 Å². The smallest absolute Gasteiger partial charge is 0.389 e. The molecule has 3 atom stereocenters. The van der Waals surface area contributed by atoms with Gasteiger partial charge in [-0.15, -0.1) is 0 Å². The molecule has 0 aromatic heterocycles. The van der Waals surface area contributed by atoms with Crippen LogP contribution in [0.5, 0.6) is 5.75 Å².